The Balaban J connectivity index is 1.52. The molecule has 7 heteroatoms. The molecule has 1 fully saturated rings. The second-order valence-electron chi connectivity index (χ2n) is 5.47. The van der Waals surface area contributed by atoms with Crippen LogP contribution in [0.25, 0.3) is 6.08 Å². The second-order valence-corrected chi connectivity index (χ2v) is 5.47. The molecule has 1 aliphatic rings. The zero-order valence-corrected chi connectivity index (χ0v) is 13.7. The van der Waals surface area contributed by atoms with Crippen molar-refractivity contribution in [2.24, 2.45) is 0 Å². The number of carbonyl (C=O) groups is 1. The first-order valence-electron chi connectivity index (χ1n) is 8.09. The molecular formula is C17H21N5O2. The fraction of sp³-hybridized carbons (Fsp3) is 0.353. The predicted molar refractivity (Wildman–Crippen MR) is 92.7 cm³/mol. The van der Waals surface area contributed by atoms with Crippen molar-refractivity contribution in [2.45, 2.75) is 6.92 Å². The van der Waals surface area contributed by atoms with E-state index in [4.69, 9.17) is 4.42 Å². The molecule has 1 aliphatic heterocycles. The Bertz CT molecular complexity index is 674. The third kappa shape index (κ3) is 3.92. The van der Waals surface area contributed by atoms with Crippen molar-refractivity contribution in [1.29, 1.82) is 0 Å². The average molecular weight is 327 g/mol. The zero-order valence-electron chi connectivity index (χ0n) is 13.7. The van der Waals surface area contributed by atoms with Crippen LogP contribution in [-0.2, 0) is 4.79 Å². The summed E-state index contributed by atoms with van der Waals surface area (Å²) in [6.07, 6.45) is 4.84. The molecule has 0 saturated carbocycles. The largest absolute Gasteiger partial charge is 0.465 e. The summed E-state index contributed by atoms with van der Waals surface area (Å²) in [6, 6.07) is 7.50. The summed E-state index contributed by atoms with van der Waals surface area (Å²) in [4.78, 5) is 16.2. The topological polar surface area (TPSA) is 74.5 Å². The molecule has 0 bridgehead atoms. The van der Waals surface area contributed by atoms with Crippen LogP contribution < -0.4 is 10.2 Å². The molecule has 0 spiro atoms. The van der Waals surface area contributed by atoms with Crippen molar-refractivity contribution in [3.8, 4) is 0 Å². The number of furan rings is 1. The lowest BCUT2D eigenvalue weighted by atomic mass is 10.3. The van der Waals surface area contributed by atoms with Crippen LogP contribution in [0.15, 0.2) is 41.0 Å². The summed E-state index contributed by atoms with van der Waals surface area (Å²) in [5.41, 5.74) is 0. The van der Waals surface area contributed by atoms with Crippen LogP contribution in [0, 0.1) is 0 Å². The molecule has 1 saturated heterocycles. The molecule has 0 aliphatic carbocycles. The van der Waals surface area contributed by atoms with Gasteiger partial charge >= 0.3 is 0 Å². The lowest BCUT2D eigenvalue weighted by Gasteiger charge is -2.34. The minimum atomic E-state index is -0.000345. The first-order valence-corrected chi connectivity index (χ1v) is 8.09. The fourth-order valence-corrected chi connectivity index (χ4v) is 2.57. The van der Waals surface area contributed by atoms with Crippen LogP contribution in [0.2, 0.25) is 0 Å². The summed E-state index contributed by atoms with van der Waals surface area (Å²) < 4.78 is 5.19. The van der Waals surface area contributed by atoms with Gasteiger partial charge in [0.15, 0.2) is 5.82 Å². The first kappa shape index (κ1) is 16.0. The Morgan fingerprint density at radius 3 is 2.71 bits per heavy atom. The minimum Gasteiger partial charge on any atom is -0.465 e. The molecule has 2 aromatic rings. The quantitative estimate of drug-likeness (QED) is 0.845. The molecule has 1 N–H and O–H groups in total. The average Bonchev–Trinajstić information content (AvgIpc) is 3.14. The van der Waals surface area contributed by atoms with Crippen LogP contribution in [0.5, 0.6) is 0 Å². The number of hydrogen-bond donors (Lipinski definition) is 1. The number of anilines is 2. The standard InChI is InChI=1S/C17H21N5O2/c1-2-18-15-6-7-16(20-19-15)21-9-11-22(12-10-21)17(23)8-5-14-4-3-13-24-14/h3-8,13H,2,9-12H2,1H3,(H,18,19)/b8-5+. The lowest BCUT2D eigenvalue weighted by molar-refractivity contribution is -0.126. The maximum atomic E-state index is 12.2. The normalized spacial score (nSPS) is 15.0. The highest BCUT2D eigenvalue weighted by molar-refractivity contribution is 5.91. The molecule has 126 valence electrons. The van der Waals surface area contributed by atoms with Gasteiger partial charge in [0.1, 0.15) is 11.6 Å². The highest BCUT2D eigenvalue weighted by atomic mass is 16.3. The molecule has 3 rings (SSSR count). The number of carbonyl (C=O) groups excluding carboxylic acids is 1. The Labute approximate surface area is 141 Å². The van der Waals surface area contributed by atoms with Crippen molar-refractivity contribution in [2.75, 3.05) is 42.9 Å². The van der Waals surface area contributed by atoms with Gasteiger partial charge in [0, 0.05) is 38.8 Å². The van der Waals surface area contributed by atoms with E-state index in [0.29, 0.717) is 18.8 Å². The molecule has 0 radical (unpaired) electrons. The summed E-state index contributed by atoms with van der Waals surface area (Å²) in [5, 5.41) is 11.5. The smallest absolute Gasteiger partial charge is 0.246 e. The van der Waals surface area contributed by atoms with E-state index in [9.17, 15) is 4.79 Å². The third-order valence-corrected chi connectivity index (χ3v) is 3.86. The van der Waals surface area contributed by atoms with Crippen molar-refractivity contribution < 1.29 is 9.21 Å². The molecule has 0 unspecified atom stereocenters. The van der Waals surface area contributed by atoms with E-state index in [1.54, 1.807) is 24.5 Å². The van der Waals surface area contributed by atoms with Crippen molar-refractivity contribution >= 4 is 23.6 Å². The van der Waals surface area contributed by atoms with Gasteiger partial charge < -0.3 is 19.5 Å². The Morgan fingerprint density at radius 1 is 1.25 bits per heavy atom. The van der Waals surface area contributed by atoms with Crippen molar-refractivity contribution in [3.63, 3.8) is 0 Å². The molecule has 24 heavy (non-hydrogen) atoms. The van der Waals surface area contributed by atoms with Gasteiger partial charge in [0.25, 0.3) is 0 Å². The van der Waals surface area contributed by atoms with Crippen LogP contribution >= 0.6 is 0 Å². The van der Waals surface area contributed by atoms with Gasteiger partial charge in [0.05, 0.1) is 6.26 Å². The van der Waals surface area contributed by atoms with Gasteiger partial charge in [-0.15, -0.1) is 10.2 Å². The van der Waals surface area contributed by atoms with Crippen LogP contribution in [-0.4, -0.2) is 53.7 Å². The fourth-order valence-electron chi connectivity index (χ4n) is 2.57. The number of hydrogen-bond acceptors (Lipinski definition) is 6. The predicted octanol–water partition coefficient (Wildman–Crippen LogP) is 1.86. The molecule has 3 heterocycles. The second kappa shape index (κ2) is 7.63. The third-order valence-electron chi connectivity index (χ3n) is 3.86. The SMILES string of the molecule is CCNc1ccc(N2CCN(C(=O)/C=C/c3ccco3)CC2)nn1. The Morgan fingerprint density at radius 2 is 2.08 bits per heavy atom. The summed E-state index contributed by atoms with van der Waals surface area (Å²) in [6.45, 7) is 5.66. The van der Waals surface area contributed by atoms with E-state index in [-0.39, 0.29) is 5.91 Å². The van der Waals surface area contributed by atoms with Gasteiger partial charge in [-0.2, -0.15) is 0 Å². The van der Waals surface area contributed by atoms with Gasteiger partial charge in [0.2, 0.25) is 5.91 Å². The van der Waals surface area contributed by atoms with Gasteiger partial charge in [-0.05, 0) is 37.3 Å². The number of nitrogens with zero attached hydrogens (tertiary/aromatic N) is 4. The van der Waals surface area contributed by atoms with E-state index < -0.39 is 0 Å². The lowest BCUT2D eigenvalue weighted by Crippen LogP contribution is -2.48. The van der Waals surface area contributed by atoms with Gasteiger partial charge in [-0.1, -0.05) is 0 Å². The number of rotatable bonds is 5. The Hall–Kier alpha value is -2.83. The summed E-state index contributed by atoms with van der Waals surface area (Å²) >= 11 is 0. The highest BCUT2D eigenvalue weighted by Gasteiger charge is 2.20. The molecular weight excluding hydrogens is 306 g/mol. The first-order chi connectivity index (χ1) is 11.8. The van der Waals surface area contributed by atoms with E-state index in [0.717, 1.165) is 31.3 Å². The van der Waals surface area contributed by atoms with Crippen LogP contribution in [0.3, 0.4) is 0 Å². The summed E-state index contributed by atoms with van der Waals surface area (Å²) in [7, 11) is 0. The maximum absolute atomic E-state index is 12.2. The van der Waals surface area contributed by atoms with Gasteiger partial charge in [-0.3, -0.25) is 4.79 Å². The summed E-state index contributed by atoms with van der Waals surface area (Å²) in [5.74, 6) is 2.30. The molecule has 1 amide bonds. The van der Waals surface area contributed by atoms with E-state index in [1.807, 2.05) is 30.0 Å². The van der Waals surface area contributed by atoms with Gasteiger partial charge in [-0.25, -0.2) is 0 Å². The monoisotopic (exact) mass is 327 g/mol. The zero-order chi connectivity index (χ0) is 16.8. The van der Waals surface area contributed by atoms with E-state index >= 15 is 0 Å². The van der Waals surface area contributed by atoms with Crippen molar-refractivity contribution in [1.82, 2.24) is 15.1 Å². The van der Waals surface area contributed by atoms with Crippen LogP contribution in [0.4, 0.5) is 11.6 Å². The molecule has 0 atom stereocenters. The van der Waals surface area contributed by atoms with E-state index in [2.05, 4.69) is 20.4 Å². The molecule has 2 aromatic heterocycles. The number of aromatic nitrogens is 2. The Kier molecular flexibility index (Phi) is 5.10. The molecule has 7 nitrogen and oxygen atoms in total. The van der Waals surface area contributed by atoms with Crippen LogP contribution in [0.1, 0.15) is 12.7 Å². The number of piperazine rings is 1. The van der Waals surface area contributed by atoms with Crippen molar-refractivity contribution in [3.05, 3.63) is 42.4 Å². The molecule has 0 aromatic carbocycles. The maximum Gasteiger partial charge on any atom is 0.246 e. The number of nitrogens with one attached hydrogen (secondary N) is 1. The number of amides is 1. The minimum absolute atomic E-state index is 0.000345. The van der Waals surface area contributed by atoms with E-state index in [1.165, 1.54) is 0 Å². The highest BCUT2D eigenvalue weighted by Crippen LogP contribution is 2.14.